The molecule has 5 fully saturated rings. The lowest BCUT2D eigenvalue weighted by Gasteiger charge is -2.72. The van der Waals surface area contributed by atoms with Crippen LogP contribution in [0.5, 0.6) is 0 Å². The molecule has 234 valence electrons. The molecule has 1 N–H and O–H groups in total. The normalized spacial score (nSPS) is 43.5. The maximum Gasteiger partial charge on any atom is 0.309 e. The van der Waals surface area contributed by atoms with Crippen molar-refractivity contribution >= 4 is 28.6 Å². The summed E-state index contributed by atoms with van der Waals surface area (Å²) in [6, 6.07) is 14.9. The van der Waals surface area contributed by atoms with Gasteiger partial charge in [0.05, 0.1) is 5.41 Å². The van der Waals surface area contributed by atoms with Crippen LogP contribution in [0.1, 0.15) is 105 Å². The molecule has 7 rings (SSSR count). The molecule has 5 aliphatic rings. The van der Waals surface area contributed by atoms with E-state index in [1.807, 2.05) is 0 Å². The van der Waals surface area contributed by atoms with E-state index in [4.69, 9.17) is 0 Å². The second-order valence-electron chi connectivity index (χ2n) is 17.1. The van der Waals surface area contributed by atoms with E-state index in [1.54, 1.807) is 0 Å². The lowest BCUT2D eigenvalue weighted by atomic mass is 9.32. The maximum absolute atomic E-state index is 14.3. The molecular weight excluding hydrogens is 540 g/mol. The topological polar surface area (TPSA) is 54.4 Å². The zero-order valence-electron chi connectivity index (χ0n) is 27.8. The Balaban J connectivity index is 1.31. The zero-order valence-corrected chi connectivity index (χ0v) is 27.8. The first kappa shape index (κ1) is 30.0. The summed E-state index contributed by atoms with van der Waals surface area (Å²) in [6.45, 7) is 18.7. The smallest absolute Gasteiger partial charge is 0.309 e. The predicted molar refractivity (Wildman–Crippen MR) is 179 cm³/mol. The van der Waals surface area contributed by atoms with Crippen molar-refractivity contribution in [3.05, 3.63) is 65.8 Å². The average Bonchev–Trinajstić information content (AvgIpc) is 3.38. The number of aliphatic carboxylic acids is 1. The van der Waals surface area contributed by atoms with Gasteiger partial charge < -0.3 is 5.11 Å². The van der Waals surface area contributed by atoms with Gasteiger partial charge in [0.15, 0.2) is 5.78 Å². The highest BCUT2D eigenvalue weighted by Gasteiger charge is 2.72. The molecular formula is C41H52O3. The minimum atomic E-state index is -0.592. The largest absolute Gasteiger partial charge is 0.481 e. The fourth-order valence-corrected chi connectivity index (χ4v) is 13.1. The highest BCUT2D eigenvalue weighted by molar-refractivity contribution is 6.06. The van der Waals surface area contributed by atoms with Crippen molar-refractivity contribution in [3.8, 4) is 0 Å². The number of carboxylic acids is 1. The van der Waals surface area contributed by atoms with Crippen molar-refractivity contribution in [2.75, 3.05) is 0 Å². The summed E-state index contributed by atoms with van der Waals surface area (Å²) in [4.78, 5) is 27.3. The molecule has 5 saturated carbocycles. The Kier molecular flexibility index (Phi) is 6.59. The number of benzene rings is 2. The fourth-order valence-electron chi connectivity index (χ4n) is 13.1. The first-order valence-electron chi connectivity index (χ1n) is 17.3. The van der Waals surface area contributed by atoms with E-state index in [-0.39, 0.29) is 22.2 Å². The standard InChI is InChI=1S/C41H52O3/c1-25(2)29-17-20-41(36(43)44)22-21-39(6)31(34(29)41)15-16-33-38(5)24-28(23-27-13-10-12-26-11-8-9-14-30(26)27)35(42)37(3,4)32(38)18-19-40(33,39)7/h8-14,23,29,31-34H,1,15-22,24H2,2-7H3,(H,43,44)/b28-23+/t29-,31+,32-,33+,34+,38-,39+,40+,41-/m0/s1. The second kappa shape index (κ2) is 9.66. The molecule has 0 heterocycles. The fraction of sp³-hybridized carbons (Fsp3) is 0.610. The molecule has 44 heavy (non-hydrogen) atoms. The molecule has 9 atom stereocenters. The van der Waals surface area contributed by atoms with Gasteiger partial charge in [-0.15, -0.1) is 0 Å². The van der Waals surface area contributed by atoms with Gasteiger partial charge >= 0.3 is 5.97 Å². The maximum atomic E-state index is 14.3. The van der Waals surface area contributed by atoms with Crippen LogP contribution in [-0.2, 0) is 9.59 Å². The van der Waals surface area contributed by atoms with Gasteiger partial charge in [-0.2, -0.15) is 0 Å². The lowest BCUT2D eigenvalue weighted by Crippen LogP contribution is -2.67. The Morgan fingerprint density at radius 2 is 1.59 bits per heavy atom. The number of ketones is 1. The van der Waals surface area contributed by atoms with Gasteiger partial charge in [-0.1, -0.05) is 89.2 Å². The minimum Gasteiger partial charge on any atom is -0.481 e. The van der Waals surface area contributed by atoms with Crippen LogP contribution in [-0.4, -0.2) is 16.9 Å². The molecule has 2 aromatic carbocycles. The van der Waals surface area contributed by atoms with Gasteiger partial charge in [-0.05, 0) is 139 Å². The van der Waals surface area contributed by atoms with Crippen LogP contribution in [0.4, 0.5) is 0 Å². The van der Waals surface area contributed by atoms with Crippen LogP contribution < -0.4 is 0 Å². The number of rotatable bonds is 3. The summed E-state index contributed by atoms with van der Waals surface area (Å²) in [5.74, 6) is 1.52. The van der Waals surface area contributed by atoms with Crippen molar-refractivity contribution in [1.29, 1.82) is 0 Å². The number of carbonyl (C=O) groups is 2. The molecule has 0 aliphatic heterocycles. The van der Waals surface area contributed by atoms with Gasteiger partial charge in [0, 0.05) is 5.41 Å². The van der Waals surface area contributed by atoms with E-state index < -0.39 is 16.8 Å². The van der Waals surface area contributed by atoms with E-state index >= 15 is 0 Å². The minimum absolute atomic E-state index is 0.0135. The first-order chi connectivity index (χ1) is 20.7. The van der Waals surface area contributed by atoms with Gasteiger partial charge in [0.2, 0.25) is 0 Å². The lowest BCUT2D eigenvalue weighted by molar-refractivity contribution is -0.231. The molecule has 0 saturated heterocycles. The highest BCUT2D eigenvalue weighted by Crippen LogP contribution is 2.77. The molecule has 0 amide bonds. The van der Waals surface area contributed by atoms with Crippen LogP contribution in [0.3, 0.4) is 0 Å². The molecule has 5 aliphatic carbocycles. The van der Waals surface area contributed by atoms with Crippen molar-refractivity contribution in [2.24, 2.45) is 56.7 Å². The number of fused-ring (bicyclic) bond motifs is 8. The molecule has 3 nitrogen and oxygen atoms in total. The molecule has 0 radical (unpaired) electrons. The van der Waals surface area contributed by atoms with E-state index in [0.717, 1.165) is 68.9 Å². The third kappa shape index (κ3) is 3.74. The quantitative estimate of drug-likeness (QED) is 0.285. The summed E-state index contributed by atoms with van der Waals surface area (Å²) >= 11 is 0. The molecule has 3 heteroatoms. The number of carbonyl (C=O) groups excluding carboxylic acids is 1. The monoisotopic (exact) mass is 592 g/mol. The SMILES string of the molecule is C=C(C)[C@@H]1CC[C@]2(C(=O)O)CC[C@]3(C)[C@H](CC[C@@H]4[C@@]5(C)C/C(=C\c6cccc7ccccc67)C(=O)C(C)(C)[C@@H]5CC[C@]43C)[C@@H]12. The third-order valence-electron chi connectivity index (χ3n) is 15.2. The summed E-state index contributed by atoms with van der Waals surface area (Å²) in [6.07, 6.45) is 11.1. The summed E-state index contributed by atoms with van der Waals surface area (Å²) in [5.41, 5.74) is 2.51. The Hall–Kier alpha value is -2.68. The molecule has 0 bridgehead atoms. The average molecular weight is 593 g/mol. The predicted octanol–water partition coefficient (Wildman–Crippen LogP) is 10.1. The van der Waals surface area contributed by atoms with Crippen molar-refractivity contribution in [3.63, 3.8) is 0 Å². The number of hydrogen-bond donors (Lipinski definition) is 1. The third-order valence-corrected chi connectivity index (χ3v) is 15.2. The van der Waals surface area contributed by atoms with Crippen LogP contribution in [0.25, 0.3) is 16.8 Å². The zero-order chi connectivity index (χ0) is 31.4. The van der Waals surface area contributed by atoms with Gasteiger partial charge in [0.1, 0.15) is 0 Å². The van der Waals surface area contributed by atoms with Crippen LogP contribution in [0, 0.1) is 56.7 Å². The van der Waals surface area contributed by atoms with Crippen molar-refractivity contribution in [1.82, 2.24) is 0 Å². The van der Waals surface area contributed by atoms with E-state index in [9.17, 15) is 14.7 Å². The second-order valence-corrected chi connectivity index (χ2v) is 17.1. The number of hydrogen-bond acceptors (Lipinski definition) is 2. The Labute approximate surface area is 264 Å². The summed E-state index contributed by atoms with van der Waals surface area (Å²) in [5, 5.41) is 13.1. The van der Waals surface area contributed by atoms with Crippen molar-refractivity contribution in [2.45, 2.75) is 99.3 Å². The molecule has 0 spiro atoms. The molecule has 0 unspecified atom stereocenters. The van der Waals surface area contributed by atoms with E-state index in [0.29, 0.717) is 29.5 Å². The molecule has 0 aromatic heterocycles. The number of Topliss-reactive ketones (excluding diaryl/α,β-unsaturated/α-hetero) is 1. The highest BCUT2D eigenvalue weighted by atomic mass is 16.4. The van der Waals surface area contributed by atoms with Crippen LogP contribution in [0.2, 0.25) is 0 Å². The van der Waals surface area contributed by atoms with Crippen LogP contribution in [0.15, 0.2) is 60.2 Å². The summed E-state index contributed by atoms with van der Waals surface area (Å²) in [7, 11) is 0. The van der Waals surface area contributed by atoms with Crippen LogP contribution >= 0.6 is 0 Å². The Morgan fingerprint density at radius 3 is 2.32 bits per heavy atom. The van der Waals surface area contributed by atoms with Crippen molar-refractivity contribution < 1.29 is 14.7 Å². The Bertz CT molecular complexity index is 1590. The van der Waals surface area contributed by atoms with E-state index in [2.05, 4.69) is 96.7 Å². The van der Waals surface area contributed by atoms with E-state index in [1.165, 1.54) is 16.3 Å². The number of allylic oxidation sites excluding steroid dienone is 2. The van der Waals surface area contributed by atoms with Gasteiger partial charge in [-0.3, -0.25) is 9.59 Å². The Morgan fingerprint density at radius 1 is 0.864 bits per heavy atom. The first-order valence-corrected chi connectivity index (χ1v) is 17.3. The molecule has 2 aromatic rings. The van der Waals surface area contributed by atoms with Gasteiger partial charge in [-0.25, -0.2) is 0 Å². The summed E-state index contributed by atoms with van der Waals surface area (Å²) < 4.78 is 0. The van der Waals surface area contributed by atoms with Gasteiger partial charge in [0.25, 0.3) is 0 Å². The number of carboxylic acid groups (broad SMARTS) is 1.